The first-order valence-corrected chi connectivity index (χ1v) is 7.09. The summed E-state index contributed by atoms with van der Waals surface area (Å²) in [5.41, 5.74) is 7.62. The van der Waals surface area contributed by atoms with Crippen molar-refractivity contribution in [2.24, 2.45) is 5.73 Å². The number of anilines is 1. The van der Waals surface area contributed by atoms with Crippen LogP contribution in [-0.2, 0) is 4.79 Å². The summed E-state index contributed by atoms with van der Waals surface area (Å²) in [6.45, 7) is 1.43. The molecule has 0 aliphatic carbocycles. The molecule has 1 atom stereocenters. The monoisotopic (exact) mass is 304 g/mol. The van der Waals surface area contributed by atoms with Crippen LogP contribution in [0.25, 0.3) is 0 Å². The summed E-state index contributed by atoms with van der Waals surface area (Å²) in [4.78, 5) is 12.7. The quantitative estimate of drug-likeness (QED) is 0.724. The van der Waals surface area contributed by atoms with Crippen molar-refractivity contribution in [2.45, 2.75) is 12.5 Å². The molecule has 0 saturated heterocycles. The lowest BCUT2D eigenvalue weighted by Gasteiger charge is -2.23. The van der Waals surface area contributed by atoms with E-state index in [1.807, 2.05) is 24.3 Å². The van der Waals surface area contributed by atoms with Crippen LogP contribution in [-0.4, -0.2) is 35.9 Å². The van der Waals surface area contributed by atoms with Crippen LogP contribution >= 0.6 is 23.2 Å². The third-order valence-corrected chi connectivity index (χ3v) is 3.13. The Labute approximate surface area is 123 Å². The molecule has 6 heteroatoms. The van der Waals surface area contributed by atoms with Gasteiger partial charge in [-0.1, -0.05) is 12.1 Å². The average Bonchev–Trinajstić information content (AvgIpc) is 2.38. The van der Waals surface area contributed by atoms with Gasteiger partial charge in [-0.2, -0.15) is 0 Å². The minimum absolute atomic E-state index is 0.0770. The number of carboxylic acid groups (broad SMARTS) is 1. The predicted molar refractivity (Wildman–Crippen MR) is 79.3 cm³/mol. The molecule has 1 rings (SSSR count). The Balaban J connectivity index is 2.76. The number of halogens is 2. The molecule has 0 unspecified atom stereocenters. The van der Waals surface area contributed by atoms with Crippen molar-refractivity contribution in [3.05, 3.63) is 29.8 Å². The van der Waals surface area contributed by atoms with Gasteiger partial charge in [0.25, 0.3) is 0 Å². The summed E-state index contributed by atoms with van der Waals surface area (Å²) in [5.74, 6) is 0.149. The highest BCUT2D eigenvalue weighted by molar-refractivity contribution is 6.18. The topological polar surface area (TPSA) is 66.6 Å². The number of carboxylic acids is 1. The van der Waals surface area contributed by atoms with Crippen molar-refractivity contribution in [1.29, 1.82) is 0 Å². The molecule has 0 fully saturated rings. The number of carbonyl (C=O) groups is 1. The van der Waals surface area contributed by atoms with Gasteiger partial charge in [-0.05, 0) is 17.7 Å². The van der Waals surface area contributed by atoms with Crippen LogP contribution in [0.5, 0.6) is 0 Å². The second kappa shape index (κ2) is 8.25. The normalized spacial score (nSPS) is 12.2. The van der Waals surface area contributed by atoms with Crippen molar-refractivity contribution in [1.82, 2.24) is 0 Å². The van der Waals surface area contributed by atoms with Gasteiger partial charge >= 0.3 is 5.97 Å². The van der Waals surface area contributed by atoms with E-state index >= 15 is 0 Å². The summed E-state index contributed by atoms with van der Waals surface area (Å²) in [6, 6.07) is 7.03. The Morgan fingerprint density at radius 3 is 2.16 bits per heavy atom. The third kappa shape index (κ3) is 5.27. The molecule has 0 saturated carbocycles. The molecule has 0 aromatic heterocycles. The maximum absolute atomic E-state index is 10.6. The number of hydrogen-bond donors (Lipinski definition) is 2. The summed E-state index contributed by atoms with van der Waals surface area (Å²) in [5, 5.41) is 8.71. The number of rotatable bonds is 8. The van der Waals surface area contributed by atoms with Crippen LogP contribution in [0.4, 0.5) is 5.69 Å². The van der Waals surface area contributed by atoms with Crippen LogP contribution in [0.1, 0.15) is 18.0 Å². The lowest BCUT2D eigenvalue weighted by molar-refractivity contribution is -0.137. The highest BCUT2D eigenvalue weighted by Gasteiger charge is 2.11. The van der Waals surface area contributed by atoms with Gasteiger partial charge in [-0.15, -0.1) is 23.2 Å². The molecule has 3 N–H and O–H groups in total. The lowest BCUT2D eigenvalue weighted by atomic mass is 10.0. The number of hydrogen-bond acceptors (Lipinski definition) is 3. The minimum Gasteiger partial charge on any atom is -0.481 e. The molecule has 0 bridgehead atoms. The van der Waals surface area contributed by atoms with E-state index in [4.69, 9.17) is 34.0 Å². The minimum atomic E-state index is -0.900. The van der Waals surface area contributed by atoms with Gasteiger partial charge in [0.05, 0.1) is 6.42 Å². The van der Waals surface area contributed by atoms with E-state index in [0.29, 0.717) is 11.8 Å². The molecule has 0 radical (unpaired) electrons. The molecule has 0 amide bonds. The maximum Gasteiger partial charge on any atom is 0.305 e. The molecule has 0 aliphatic rings. The van der Waals surface area contributed by atoms with Crippen LogP contribution < -0.4 is 10.6 Å². The molecular weight excluding hydrogens is 287 g/mol. The Kier molecular flexibility index (Phi) is 6.99. The zero-order chi connectivity index (χ0) is 14.3. The zero-order valence-electron chi connectivity index (χ0n) is 10.6. The smallest absolute Gasteiger partial charge is 0.305 e. The number of nitrogens with zero attached hydrogens (tertiary/aromatic N) is 1. The fourth-order valence-electron chi connectivity index (χ4n) is 1.81. The summed E-state index contributed by atoms with van der Waals surface area (Å²) in [6.07, 6.45) is -0.0770. The summed E-state index contributed by atoms with van der Waals surface area (Å²) >= 11 is 11.5. The van der Waals surface area contributed by atoms with E-state index < -0.39 is 12.0 Å². The molecule has 19 heavy (non-hydrogen) atoms. The number of aliphatic carboxylic acids is 1. The van der Waals surface area contributed by atoms with E-state index in [9.17, 15) is 4.79 Å². The first kappa shape index (κ1) is 16.1. The second-order valence-electron chi connectivity index (χ2n) is 4.16. The maximum atomic E-state index is 10.6. The van der Waals surface area contributed by atoms with Gasteiger partial charge in [0.1, 0.15) is 0 Å². The molecule has 106 valence electrons. The SMILES string of the molecule is N[C@@H](CC(=O)O)c1ccc(N(CCCl)CCCl)cc1. The van der Waals surface area contributed by atoms with Crippen LogP contribution in [0.15, 0.2) is 24.3 Å². The predicted octanol–water partition coefficient (Wildman–Crippen LogP) is 2.45. The van der Waals surface area contributed by atoms with E-state index in [1.54, 1.807) is 0 Å². The van der Waals surface area contributed by atoms with Crippen molar-refractivity contribution < 1.29 is 9.90 Å². The first-order chi connectivity index (χ1) is 9.08. The summed E-state index contributed by atoms with van der Waals surface area (Å²) < 4.78 is 0. The molecular formula is C13H18Cl2N2O2. The molecule has 0 aliphatic heterocycles. The molecule has 4 nitrogen and oxygen atoms in total. The van der Waals surface area contributed by atoms with E-state index in [0.717, 1.165) is 24.3 Å². The van der Waals surface area contributed by atoms with Crippen molar-refractivity contribution in [3.63, 3.8) is 0 Å². The third-order valence-electron chi connectivity index (χ3n) is 2.79. The number of alkyl halides is 2. The van der Waals surface area contributed by atoms with Gasteiger partial charge in [-0.3, -0.25) is 4.79 Å². The van der Waals surface area contributed by atoms with Crippen LogP contribution in [0, 0.1) is 0 Å². The molecule has 0 spiro atoms. The Morgan fingerprint density at radius 1 is 1.21 bits per heavy atom. The lowest BCUT2D eigenvalue weighted by Crippen LogP contribution is -2.27. The largest absolute Gasteiger partial charge is 0.481 e. The molecule has 1 aromatic rings. The fraction of sp³-hybridized carbons (Fsp3) is 0.462. The molecule has 1 aromatic carbocycles. The van der Waals surface area contributed by atoms with Crippen molar-refractivity contribution in [3.8, 4) is 0 Å². The van der Waals surface area contributed by atoms with Gasteiger partial charge in [0.2, 0.25) is 0 Å². The zero-order valence-corrected chi connectivity index (χ0v) is 12.1. The van der Waals surface area contributed by atoms with Crippen molar-refractivity contribution in [2.75, 3.05) is 29.7 Å². The standard InChI is InChI=1S/C13H18Cl2N2O2/c14-5-7-17(8-6-15)11-3-1-10(2-4-11)12(16)9-13(18)19/h1-4,12H,5-9,16H2,(H,18,19)/t12-/m0/s1. The number of benzene rings is 1. The first-order valence-electron chi connectivity index (χ1n) is 6.02. The van der Waals surface area contributed by atoms with Crippen LogP contribution in [0.3, 0.4) is 0 Å². The highest BCUT2D eigenvalue weighted by Crippen LogP contribution is 2.20. The fourth-order valence-corrected chi connectivity index (χ4v) is 2.22. The van der Waals surface area contributed by atoms with E-state index in [2.05, 4.69) is 4.90 Å². The summed E-state index contributed by atoms with van der Waals surface area (Å²) in [7, 11) is 0. The number of nitrogens with two attached hydrogens (primary N) is 1. The van der Waals surface area contributed by atoms with Gasteiger partial charge < -0.3 is 15.7 Å². The average molecular weight is 305 g/mol. The van der Waals surface area contributed by atoms with Gasteiger partial charge in [0.15, 0.2) is 0 Å². The van der Waals surface area contributed by atoms with Crippen LogP contribution in [0.2, 0.25) is 0 Å². The van der Waals surface area contributed by atoms with E-state index in [1.165, 1.54) is 0 Å². The van der Waals surface area contributed by atoms with Gasteiger partial charge in [0, 0.05) is 36.6 Å². The van der Waals surface area contributed by atoms with Gasteiger partial charge in [-0.25, -0.2) is 0 Å². The highest BCUT2D eigenvalue weighted by atomic mass is 35.5. The Morgan fingerprint density at radius 2 is 1.74 bits per heavy atom. The second-order valence-corrected chi connectivity index (χ2v) is 4.92. The van der Waals surface area contributed by atoms with E-state index in [-0.39, 0.29) is 6.42 Å². The Hall–Kier alpha value is -0.970. The Bertz CT molecular complexity index is 392. The molecule has 0 heterocycles. The van der Waals surface area contributed by atoms with Crippen molar-refractivity contribution >= 4 is 34.9 Å².